The Bertz CT molecular complexity index is 1110. The molecule has 0 bridgehead atoms. The van der Waals surface area contributed by atoms with Crippen LogP contribution < -0.4 is 20.7 Å². The molecule has 0 unspecified atom stereocenters. The van der Waals surface area contributed by atoms with E-state index >= 15 is 0 Å². The summed E-state index contributed by atoms with van der Waals surface area (Å²) in [5.41, 5.74) is -0.00959. The van der Waals surface area contributed by atoms with Gasteiger partial charge in [0, 0.05) is 19.4 Å². The van der Waals surface area contributed by atoms with Crippen LogP contribution in [0.4, 0.5) is 22.0 Å². The van der Waals surface area contributed by atoms with Gasteiger partial charge in [0.05, 0.1) is 22.5 Å². The SMILES string of the molecule is C/C(=N/O)C(C)(C)NCCC(CCNC(=O)CCCC(=O)Oc1c(F)c(F)c(F)c(F)c1F)CCNC(C)(C)/C(C)=N\O. The van der Waals surface area contributed by atoms with Gasteiger partial charge >= 0.3 is 5.97 Å². The number of esters is 1. The largest absolute Gasteiger partial charge is 0.420 e. The molecule has 0 heterocycles. The van der Waals surface area contributed by atoms with Crippen molar-refractivity contribution in [2.45, 2.75) is 91.1 Å². The molecule has 1 aromatic rings. The monoisotopic (exact) mass is 623 g/mol. The summed E-state index contributed by atoms with van der Waals surface area (Å²) >= 11 is 0. The number of nitrogens with zero attached hydrogens (tertiary/aromatic N) is 2. The van der Waals surface area contributed by atoms with Crippen molar-refractivity contribution in [2.24, 2.45) is 16.2 Å². The van der Waals surface area contributed by atoms with Crippen molar-refractivity contribution < 1.29 is 46.7 Å². The van der Waals surface area contributed by atoms with Crippen LogP contribution in [-0.2, 0) is 9.59 Å². The number of benzene rings is 1. The van der Waals surface area contributed by atoms with E-state index in [4.69, 9.17) is 10.4 Å². The third-order valence-electron chi connectivity index (χ3n) is 7.39. The summed E-state index contributed by atoms with van der Waals surface area (Å²) in [5, 5.41) is 34.1. The molecule has 43 heavy (non-hydrogen) atoms. The Morgan fingerprint density at radius 2 is 1.16 bits per heavy atom. The highest BCUT2D eigenvalue weighted by Gasteiger charge is 2.29. The Morgan fingerprint density at radius 1 is 0.744 bits per heavy atom. The first-order valence-electron chi connectivity index (χ1n) is 13.9. The summed E-state index contributed by atoms with van der Waals surface area (Å²) in [4.78, 5) is 24.2. The first kappa shape index (κ1) is 37.7. The van der Waals surface area contributed by atoms with Gasteiger partial charge in [0.1, 0.15) is 0 Å². The summed E-state index contributed by atoms with van der Waals surface area (Å²) in [6, 6.07) is 0. The van der Waals surface area contributed by atoms with Crippen LogP contribution in [0.5, 0.6) is 5.75 Å². The molecule has 0 fully saturated rings. The first-order chi connectivity index (χ1) is 20.0. The summed E-state index contributed by atoms with van der Waals surface area (Å²) < 4.78 is 71.4. The molecule has 0 saturated heterocycles. The predicted molar refractivity (Wildman–Crippen MR) is 150 cm³/mol. The fourth-order valence-corrected chi connectivity index (χ4v) is 3.85. The number of oxime groups is 2. The highest BCUT2D eigenvalue weighted by Crippen LogP contribution is 2.29. The first-order valence-corrected chi connectivity index (χ1v) is 13.9. The van der Waals surface area contributed by atoms with Crippen molar-refractivity contribution in [3.05, 3.63) is 29.1 Å². The number of carbonyl (C=O) groups is 2. The number of halogens is 5. The van der Waals surface area contributed by atoms with Crippen LogP contribution in [0.3, 0.4) is 0 Å². The second-order valence-electron chi connectivity index (χ2n) is 11.3. The average Bonchev–Trinajstić information content (AvgIpc) is 2.95. The number of ether oxygens (including phenoxy) is 1. The quantitative estimate of drug-likeness (QED) is 0.0231. The molecule has 244 valence electrons. The summed E-state index contributed by atoms with van der Waals surface area (Å²) in [6.07, 6.45) is 1.36. The summed E-state index contributed by atoms with van der Waals surface area (Å²) in [7, 11) is 0. The standard InChI is InChI=1S/C28H42F5N5O5/c1-16(37-41)27(3,4)35-14-11-18(12-15-36-28(5,6)17(2)38-42)10-13-34-19(39)8-7-9-20(40)43-26-24(32)22(30)21(29)23(31)25(26)33/h18,35-36,41-42H,7-15H2,1-6H3,(H,34,39)/b37-16-,38-17-. The van der Waals surface area contributed by atoms with E-state index in [-0.39, 0.29) is 18.8 Å². The molecule has 0 saturated carbocycles. The van der Waals surface area contributed by atoms with Gasteiger partial charge in [-0.2, -0.15) is 8.78 Å². The van der Waals surface area contributed by atoms with Crippen molar-refractivity contribution in [3.63, 3.8) is 0 Å². The second-order valence-corrected chi connectivity index (χ2v) is 11.3. The Labute approximate surface area is 248 Å². The molecular weight excluding hydrogens is 581 g/mol. The smallest absolute Gasteiger partial charge is 0.311 e. The maximum Gasteiger partial charge on any atom is 0.311 e. The van der Waals surface area contributed by atoms with Gasteiger partial charge < -0.3 is 31.1 Å². The normalized spacial score (nSPS) is 13.7. The van der Waals surface area contributed by atoms with E-state index < -0.39 is 64.2 Å². The molecule has 1 amide bonds. The van der Waals surface area contributed by atoms with E-state index in [0.29, 0.717) is 37.5 Å². The lowest BCUT2D eigenvalue weighted by atomic mass is 9.94. The highest BCUT2D eigenvalue weighted by molar-refractivity contribution is 5.90. The van der Waals surface area contributed by atoms with Crippen LogP contribution in [0.1, 0.15) is 80.1 Å². The molecule has 5 N–H and O–H groups in total. The Kier molecular flexibility index (Phi) is 15.0. The van der Waals surface area contributed by atoms with Crippen molar-refractivity contribution in [2.75, 3.05) is 19.6 Å². The van der Waals surface area contributed by atoms with E-state index in [1.54, 1.807) is 13.8 Å². The fraction of sp³-hybridized carbons (Fsp3) is 0.643. The maximum absolute atomic E-state index is 13.7. The van der Waals surface area contributed by atoms with Gasteiger partial charge in [-0.3, -0.25) is 9.59 Å². The van der Waals surface area contributed by atoms with Crippen LogP contribution in [0, 0.1) is 35.0 Å². The number of hydrogen-bond donors (Lipinski definition) is 5. The fourth-order valence-electron chi connectivity index (χ4n) is 3.85. The molecule has 0 aromatic heterocycles. The van der Waals surface area contributed by atoms with Gasteiger partial charge in [-0.1, -0.05) is 10.3 Å². The molecule has 15 heteroatoms. The maximum atomic E-state index is 13.7. The number of amides is 1. The molecule has 1 rings (SSSR count). The minimum Gasteiger partial charge on any atom is -0.420 e. The minimum absolute atomic E-state index is 0.0843. The lowest BCUT2D eigenvalue weighted by Gasteiger charge is -2.28. The molecule has 1 aromatic carbocycles. The molecule has 0 atom stereocenters. The lowest BCUT2D eigenvalue weighted by Crippen LogP contribution is -2.47. The van der Waals surface area contributed by atoms with E-state index in [1.807, 2.05) is 27.7 Å². The average molecular weight is 624 g/mol. The number of carbonyl (C=O) groups excluding carboxylic acids is 2. The zero-order chi connectivity index (χ0) is 33.0. The van der Waals surface area contributed by atoms with Gasteiger partial charge in [-0.25, -0.2) is 13.2 Å². The second kappa shape index (κ2) is 17.1. The number of hydrogen-bond acceptors (Lipinski definition) is 9. The highest BCUT2D eigenvalue weighted by atomic mass is 19.2. The van der Waals surface area contributed by atoms with Crippen molar-refractivity contribution in [1.29, 1.82) is 0 Å². The number of nitrogens with one attached hydrogen (secondary N) is 3. The third kappa shape index (κ3) is 11.7. The molecule has 0 aliphatic carbocycles. The van der Waals surface area contributed by atoms with E-state index in [0.717, 1.165) is 12.8 Å². The van der Waals surface area contributed by atoms with Crippen LogP contribution in [0.25, 0.3) is 0 Å². The van der Waals surface area contributed by atoms with Gasteiger partial charge in [0.2, 0.25) is 40.7 Å². The third-order valence-corrected chi connectivity index (χ3v) is 7.39. The zero-order valence-electron chi connectivity index (χ0n) is 25.3. The lowest BCUT2D eigenvalue weighted by molar-refractivity contribution is -0.135. The van der Waals surface area contributed by atoms with Crippen LogP contribution in [0.2, 0.25) is 0 Å². The molecule has 0 aliphatic rings. The van der Waals surface area contributed by atoms with Crippen molar-refractivity contribution >= 4 is 23.3 Å². The Balaban J connectivity index is 2.61. The summed E-state index contributed by atoms with van der Waals surface area (Å²) in [6.45, 7) is 12.5. The number of rotatable bonds is 18. The van der Waals surface area contributed by atoms with Crippen LogP contribution in [0.15, 0.2) is 10.3 Å². The molecule has 0 radical (unpaired) electrons. The van der Waals surface area contributed by atoms with Gasteiger partial charge in [0.15, 0.2) is 0 Å². The Morgan fingerprint density at radius 3 is 1.60 bits per heavy atom. The zero-order valence-corrected chi connectivity index (χ0v) is 25.3. The molecular formula is C28H42F5N5O5. The van der Waals surface area contributed by atoms with Gasteiger partial charge in [-0.15, -0.1) is 0 Å². The van der Waals surface area contributed by atoms with Crippen molar-refractivity contribution in [3.8, 4) is 5.75 Å². The molecule has 0 aliphatic heterocycles. The van der Waals surface area contributed by atoms with Crippen LogP contribution >= 0.6 is 0 Å². The van der Waals surface area contributed by atoms with E-state index in [2.05, 4.69) is 31.0 Å². The summed E-state index contributed by atoms with van der Waals surface area (Å²) in [5.74, 6) is -14.6. The van der Waals surface area contributed by atoms with Crippen molar-refractivity contribution in [1.82, 2.24) is 16.0 Å². The van der Waals surface area contributed by atoms with Gasteiger partial charge in [-0.05, 0) is 86.2 Å². The van der Waals surface area contributed by atoms with E-state index in [1.165, 1.54) is 0 Å². The van der Waals surface area contributed by atoms with E-state index in [9.17, 15) is 31.5 Å². The van der Waals surface area contributed by atoms with Gasteiger partial charge in [0.25, 0.3) is 0 Å². The molecule has 0 spiro atoms. The predicted octanol–water partition coefficient (Wildman–Crippen LogP) is 4.80. The minimum atomic E-state index is -2.37. The Hall–Kier alpha value is -3.33. The topological polar surface area (TPSA) is 145 Å². The molecule has 10 nitrogen and oxygen atoms in total. The van der Waals surface area contributed by atoms with Crippen LogP contribution in [-0.4, -0.2) is 64.4 Å².